The molecule has 0 aliphatic rings. The molecule has 2 aromatic carbocycles. The Morgan fingerprint density at radius 3 is 2.65 bits per heavy atom. The Balaban J connectivity index is 2.17. The highest BCUT2D eigenvalue weighted by Crippen LogP contribution is 2.22. The molecule has 0 saturated carbocycles. The Morgan fingerprint density at radius 2 is 1.95 bits per heavy atom. The molecule has 2 rings (SSSR count). The summed E-state index contributed by atoms with van der Waals surface area (Å²) in [5.74, 6) is -0.238. The van der Waals surface area contributed by atoms with Gasteiger partial charge in [0, 0.05) is 9.92 Å². The van der Waals surface area contributed by atoms with E-state index in [1.165, 1.54) is 0 Å². The summed E-state index contributed by atoms with van der Waals surface area (Å²) in [6.07, 6.45) is 0. The Morgan fingerprint density at radius 1 is 1.20 bits per heavy atom. The maximum Gasteiger partial charge on any atom is 0.253 e. The number of nitrogens with one attached hydrogen (secondary N) is 1. The topological polar surface area (TPSA) is 29.1 Å². The molecule has 1 unspecified atom stereocenters. The number of carbonyl (C=O) groups is 1. The van der Waals surface area contributed by atoms with Crippen LogP contribution >= 0.6 is 35.8 Å². The van der Waals surface area contributed by atoms with E-state index in [1.807, 2.05) is 25.1 Å². The van der Waals surface area contributed by atoms with Crippen molar-refractivity contribution in [1.82, 2.24) is 5.32 Å². The van der Waals surface area contributed by atoms with Gasteiger partial charge in [-0.3, -0.25) is 4.79 Å². The van der Waals surface area contributed by atoms with Crippen molar-refractivity contribution in [3.8, 4) is 0 Å². The first-order valence-corrected chi connectivity index (χ1v) is 7.22. The van der Waals surface area contributed by atoms with Crippen LogP contribution in [0.25, 0.3) is 0 Å². The zero-order valence-electron chi connectivity index (χ0n) is 10.7. The maximum atomic E-state index is 12.2. The maximum absolute atomic E-state index is 12.2. The summed E-state index contributed by atoms with van der Waals surface area (Å²) in [4.78, 5) is 12.9. The quantitative estimate of drug-likeness (QED) is 0.782. The normalized spacial score (nSPS) is 12.0. The van der Waals surface area contributed by atoms with Gasteiger partial charge in [-0.2, -0.15) is 0 Å². The minimum atomic E-state index is -0.238. The molecule has 0 spiro atoms. The van der Waals surface area contributed by atoms with Crippen molar-refractivity contribution in [2.75, 3.05) is 0 Å². The van der Waals surface area contributed by atoms with Crippen molar-refractivity contribution < 1.29 is 4.79 Å². The number of benzene rings is 2. The van der Waals surface area contributed by atoms with Crippen LogP contribution in [0, 0.1) is 0 Å². The van der Waals surface area contributed by atoms with Crippen molar-refractivity contribution in [2.45, 2.75) is 17.9 Å². The van der Waals surface area contributed by atoms with E-state index < -0.39 is 0 Å². The number of carbonyl (C=O) groups excluding carboxylic acids is 1. The summed E-state index contributed by atoms with van der Waals surface area (Å²) >= 11 is 16.2. The van der Waals surface area contributed by atoms with E-state index in [0.717, 1.165) is 5.56 Å². The Bertz CT molecular complexity index is 646. The van der Waals surface area contributed by atoms with Crippen LogP contribution < -0.4 is 5.32 Å². The standard InChI is InChI=1S/C15H13Cl2NOS/c1-9(10-3-2-4-11(16)7-10)18-15(19)13-8-12(20)5-6-14(13)17/h2-9,20H,1H3,(H,18,19). The van der Waals surface area contributed by atoms with Crippen molar-refractivity contribution in [2.24, 2.45) is 0 Å². The molecule has 2 nitrogen and oxygen atoms in total. The van der Waals surface area contributed by atoms with Crippen LogP contribution in [0.3, 0.4) is 0 Å². The van der Waals surface area contributed by atoms with Crippen molar-refractivity contribution >= 4 is 41.7 Å². The monoisotopic (exact) mass is 325 g/mol. The van der Waals surface area contributed by atoms with Gasteiger partial charge in [0.15, 0.2) is 0 Å². The number of halogens is 2. The molecular weight excluding hydrogens is 313 g/mol. The Labute approximate surface area is 133 Å². The Hall–Kier alpha value is -1.16. The van der Waals surface area contributed by atoms with Crippen LogP contribution in [0.15, 0.2) is 47.4 Å². The number of hydrogen-bond donors (Lipinski definition) is 2. The first-order valence-electron chi connectivity index (χ1n) is 6.02. The summed E-state index contributed by atoms with van der Waals surface area (Å²) in [5.41, 5.74) is 1.34. The molecule has 0 saturated heterocycles. The van der Waals surface area contributed by atoms with Gasteiger partial charge in [0.2, 0.25) is 0 Å². The SMILES string of the molecule is CC(NC(=O)c1cc(S)ccc1Cl)c1cccc(Cl)c1. The average Bonchev–Trinajstić information content (AvgIpc) is 2.41. The van der Waals surface area contributed by atoms with E-state index >= 15 is 0 Å². The van der Waals surface area contributed by atoms with Gasteiger partial charge in [0.1, 0.15) is 0 Å². The third-order valence-corrected chi connectivity index (χ3v) is 3.73. The van der Waals surface area contributed by atoms with Crippen LogP contribution in [-0.2, 0) is 0 Å². The van der Waals surface area contributed by atoms with Gasteiger partial charge in [-0.05, 0) is 42.8 Å². The van der Waals surface area contributed by atoms with Gasteiger partial charge in [-0.1, -0.05) is 35.3 Å². The van der Waals surface area contributed by atoms with E-state index in [-0.39, 0.29) is 11.9 Å². The molecule has 1 N–H and O–H groups in total. The lowest BCUT2D eigenvalue weighted by atomic mass is 10.1. The highest BCUT2D eigenvalue weighted by atomic mass is 35.5. The van der Waals surface area contributed by atoms with Crippen LogP contribution in [0.5, 0.6) is 0 Å². The van der Waals surface area contributed by atoms with Gasteiger partial charge >= 0.3 is 0 Å². The second kappa shape index (κ2) is 6.53. The summed E-state index contributed by atoms with van der Waals surface area (Å²) in [6.45, 7) is 1.89. The third-order valence-electron chi connectivity index (χ3n) is 2.89. The fourth-order valence-corrected chi connectivity index (χ4v) is 2.43. The van der Waals surface area contributed by atoms with Crippen LogP contribution in [0.1, 0.15) is 28.9 Å². The molecular formula is C15H13Cl2NOS. The molecule has 0 heterocycles. The van der Waals surface area contributed by atoms with Gasteiger partial charge < -0.3 is 5.32 Å². The first kappa shape index (κ1) is 15.2. The molecule has 0 aliphatic carbocycles. The van der Waals surface area contributed by atoms with E-state index in [1.54, 1.807) is 24.3 Å². The highest BCUT2D eigenvalue weighted by Gasteiger charge is 2.14. The molecule has 20 heavy (non-hydrogen) atoms. The molecule has 0 radical (unpaired) electrons. The number of rotatable bonds is 3. The molecule has 5 heteroatoms. The fourth-order valence-electron chi connectivity index (χ4n) is 1.82. The second-order valence-electron chi connectivity index (χ2n) is 4.41. The predicted molar refractivity (Wildman–Crippen MR) is 86.0 cm³/mol. The third kappa shape index (κ3) is 3.69. The fraction of sp³-hybridized carbons (Fsp3) is 0.133. The predicted octanol–water partition coefficient (Wildman–Crippen LogP) is 4.77. The van der Waals surface area contributed by atoms with Crippen LogP contribution in [0.4, 0.5) is 0 Å². The highest BCUT2D eigenvalue weighted by molar-refractivity contribution is 7.80. The van der Waals surface area contributed by atoms with Crippen molar-refractivity contribution in [1.29, 1.82) is 0 Å². The molecule has 1 amide bonds. The van der Waals surface area contributed by atoms with E-state index in [0.29, 0.717) is 20.5 Å². The van der Waals surface area contributed by atoms with Crippen LogP contribution in [0.2, 0.25) is 10.0 Å². The van der Waals surface area contributed by atoms with Crippen molar-refractivity contribution in [3.63, 3.8) is 0 Å². The summed E-state index contributed by atoms with van der Waals surface area (Å²) in [6, 6.07) is 12.2. The van der Waals surface area contributed by atoms with Gasteiger partial charge in [-0.25, -0.2) is 0 Å². The first-order chi connectivity index (χ1) is 9.47. The van der Waals surface area contributed by atoms with E-state index in [9.17, 15) is 4.79 Å². The lowest BCUT2D eigenvalue weighted by Crippen LogP contribution is -2.26. The molecule has 0 fully saturated rings. The lowest BCUT2D eigenvalue weighted by Gasteiger charge is -2.15. The molecule has 0 bridgehead atoms. The van der Waals surface area contributed by atoms with E-state index in [2.05, 4.69) is 17.9 Å². The minimum Gasteiger partial charge on any atom is -0.345 e. The summed E-state index contributed by atoms with van der Waals surface area (Å²) in [5, 5.41) is 3.93. The summed E-state index contributed by atoms with van der Waals surface area (Å²) in [7, 11) is 0. The number of thiol groups is 1. The molecule has 0 aromatic heterocycles. The number of hydrogen-bond acceptors (Lipinski definition) is 2. The molecule has 2 aromatic rings. The Kier molecular flexibility index (Phi) is 4.97. The van der Waals surface area contributed by atoms with E-state index in [4.69, 9.17) is 23.2 Å². The van der Waals surface area contributed by atoms with Crippen LogP contribution in [-0.4, -0.2) is 5.91 Å². The number of amides is 1. The molecule has 104 valence electrons. The zero-order chi connectivity index (χ0) is 14.7. The largest absolute Gasteiger partial charge is 0.345 e. The second-order valence-corrected chi connectivity index (χ2v) is 5.77. The minimum absolute atomic E-state index is 0.166. The van der Waals surface area contributed by atoms with Gasteiger partial charge in [-0.15, -0.1) is 12.6 Å². The molecule has 1 atom stereocenters. The van der Waals surface area contributed by atoms with Gasteiger partial charge in [0.05, 0.1) is 16.6 Å². The molecule has 0 aliphatic heterocycles. The zero-order valence-corrected chi connectivity index (χ0v) is 13.1. The van der Waals surface area contributed by atoms with Crippen molar-refractivity contribution in [3.05, 3.63) is 63.6 Å². The average molecular weight is 326 g/mol. The van der Waals surface area contributed by atoms with Gasteiger partial charge in [0.25, 0.3) is 5.91 Å². The summed E-state index contributed by atoms with van der Waals surface area (Å²) < 4.78 is 0. The smallest absolute Gasteiger partial charge is 0.253 e. The lowest BCUT2D eigenvalue weighted by molar-refractivity contribution is 0.0940.